The normalized spacial score (nSPS) is 13.8. The Bertz CT molecular complexity index is 511. The van der Waals surface area contributed by atoms with E-state index < -0.39 is 0 Å². The van der Waals surface area contributed by atoms with Crippen molar-refractivity contribution in [2.24, 2.45) is 5.10 Å². The molecular weight excluding hydrogens is 234 g/mol. The number of carbonyl (C=O) groups excluding carboxylic acids is 2. The summed E-state index contributed by atoms with van der Waals surface area (Å²) in [5.74, 6) is 0.0945. The van der Waals surface area contributed by atoms with Crippen LogP contribution in [0.2, 0.25) is 0 Å². The van der Waals surface area contributed by atoms with Gasteiger partial charge in [0.1, 0.15) is 11.5 Å². The van der Waals surface area contributed by atoms with E-state index in [4.69, 9.17) is 4.74 Å². The lowest BCUT2D eigenvalue weighted by atomic mass is 10.2. The first-order chi connectivity index (χ1) is 8.70. The van der Waals surface area contributed by atoms with Gasteiger partial charge in [-0.15, -0.1) is 0 Å². The standard InChI is InChI=1S/C12H13N3O3/c1-18-10-5-3-2-4-8(10)7-13-12(17)9-6-11(16)15-14-9/h2-5H,6-7H2,1H3,(H,13,17)(H,15,16). The molecule has 1 heterocycles. The van der Waals surface area contributed by atoms with Gasteiger partial charge in [0.25, 0.3) is 5.91 Å². The van der Waals surface area contributed by atoms with Gasteiger partial charge in [-0.25, -0.2) is 5.43 Å². The molecule has 94 valence electrons. The molecule has 0 bridgehead atoms. The molecular formula is C12H13N3O3. The molecule has 18 heavy (non-hydrogen) atoms. The third kappa shape index (κ3) is 2.65. The highest BCUT2D eigenvalue weighted by Crippen LogP contribution is 2.16. The van der Waals surface area contributed by atoms with E-state index in [0.29, 0.717) is 12.3 Å². The van der Waals surface area contributed by atoms with Gasteiger partial charge in [-0.2, -0.15) is 5.10 Å². The van der Waals surface area contributed by atoms with Gasteiger partial charge in [-0.05, 0) is 6.07 Å². The summed E-state index contributed by atoms with van der Waals surface area (Å²) in [6.45, 7) is 0.329. The number of methoxy groups -OCH3 is 1. The van der Waals surface area contributed by atoms with Crippen molar-refractivity contribution in [2.45, 2.75) is 13.0 Å². The third-order valence-corrected chi connectivity index (χ3v) is 2.54. The zero-order valence-corrected chi connectivity index (χ0v) is 9.90. The Labute approximate surface area is 104 Å². The average Bonchev–Trinajstić information content (AvgIpc) is 2.83. The number of ether oxygens (including phenoxy) is 1. The molecule has 2 amide bonds. The second kappa shape index (κ2) is 5.31. The second-order valence-electron chi connectivity index (χ2n) is 3.76. The van der Waals surface area contributed by atoms with Gasteiger partial charge in [0, 0.05) is 12.1 Å². The Morgan fingerprint density at radius 3 is 2.94 bits per heavy atom. The molecule has 0 fully saturated rings. The number of hydrogen-bond acceptors (Lipinski definition) is 4. The predicted molar refractivity (Wildman–Crippen MR) is 65.0 cm³/mol. The van der Waals surface area contributed by atoms with Gasteiger partial charge in [0.15, 0.2) is 0 Å². The van der Waals surface area contributed by atoms with Crippen molar-refractivity contribution in [3.8, 4) is 5.75 Å². The zero-order valence-electron chi connectivity index (χ0n) is 9.90. The van der Waals surface area contributed by atoms with E-state index in [0.717, 1.165) is 5.56 Å². The number of carbonyl (C=O) groups is 2. The summed E-state index contributed by atoms with van der Waals surface area (Å²) in [4.78, 5) is 22.6. The lowest BCUT2D eigenvalue weighted by Gasteiger charge is -2.08. The number of para-hydroxylation sites is 1. The monoisotopic (exact) mass is 247 g/mol. The van der Waals surface area contributed by atoms with Gasteiger partial charge >= 0.3 is 0 Å². The van der Waals surface area contributed by atoms with Crippen molar-refractivity contribution < 1.29 is 14.3 Å². The number of benzene rings is 1. The van der Waals surface area contributed by atoms with Crippen LogP contribution in [0.5, 0.6) is 5.75 Å². The minimum Gasteiger partial charge on any atom is -0.496 e. The SMILES string of the molecule is COc1ccccc1CNC(=O)C1=NNC(=O)C1. The van der Waals surface area contributed by atoms with E-state index in [1.54, 1.807) is 7.11 Å². The molecule has 2 rings (SSSR count). The summed E-state index contributed by atoms with van der Waals surface area (Å²) in [5.41, 5.74) is 3.31. The molecule has 0 radical (unpaired) electrons. The van der Waals surface area contributed by atoms with Crippen LogP contribution in [-0.4, -0.2) is 24.6 Å². The predicted octanol–water partition coefficient (Wildman–Crippen LogP) is 0.187. The van der Waals surface area contributed by atoms with Crippen LogP contribution in [-0.2, 0) is 16.1 Å². The largest absolute Gasteiger partial charge is 0.496 e. The molecule has 2 N–H and O–H groups in total. The second-order valence-corrected chi connectivity index (χ2v) is 3.76. The van der Waals surface area contributed by atoms with Gasteiger partial charge in [-0.3, -0.25) is 9.59 Å². The van der Waals surface area contributed by atoms with Crippen molar-refractivity contribution in [1.29, 1.82) is 0 Å². The molecule has 1 aromatic rings. The van der Waals surface area contributed by atoms with Crippen molar-refractivity contribution >= 4 is 17.5 Å². The lowest BCUT2D eigenvalue weighted by Crippen LogP contribution is -2.30. The fraction of sp³-hybridized carbons (Fsp3) is 0.250. The molecule has 1 aromatic carbocycles. The molecule has 0 saturated heterocycles. The highest BCUT2D eigenvalue weighted by atomic mass is 16.5. The smallest absolute Gasteiger partial charge is 0.268 e. The summed E-state index contributed by atoms with van der Waals surface area (Å²) in [7, 11) is 1.57. The molecule has 1 aliphatic heterocycles. The van der Waals surface area contributed by atoms with E-state index in [2.05, 4.69) is 15.8 Å². The zero-order chi connectivity index (χ0) is 13.0. The lowest BCUT2D eigenvalue weighted by molar-refractivity contribution is -0.120. The maximum Gasteiger partial charge on any atom is 0.268 e. The molecule has 6 nitrogen and oxygen atoms in total. The molecule has 1 aliphatic rings. The Kier molecular flexibility index (Phi) is 3.57. The highest BCUT2D eigenvalue weighted by Gasteiger charge is 2.21. The molecule has 6 heteroatoms. The van der Waals surface area contributed by atoms with E-state index in [-0.39, 0.29) is 23.9 Å². The Morgan fingerprint density at radius 2 is 2.28 bits per heavy atom. The summed E-state index contributed by atoms with van der Waals surface area (Å²) >= 11 is 0. The molecule has 0 unspecified atom stereocenters. The van der Waals surface area contributed by atoms with Crippen LogP contribution in [0.1, 0.15) is 12.0 Å². The van der Waals surface area contributed by atoms with Crippen LogP contribution in [0, 0.1) is 0 Å². The number of hydrazone groups is 1. The van der Waals surface area contributed by atoms with E-state index in [9.17, 15) is 9.59 Å². The molecule has 0 aromatic heterocycles. The molecule has 0 atom stereocenters. The van der Waals surface area contributed by atoms with Crippen LogP contribution in [0.25, 0.3) is 0 Å². The van der Waals surface area contributed by atoms with Crippen molar-refractivity contribution in [3.63, 3.8) is 0 Å². The number of nitrogens with one attached hydrogen (secondary N) is 2. The van der Waals surface area contributed by atoms with E-state index in [1.807, 2.05) is 24.3 Å². The number of hydrogen-bond donors (Lipinski definition) is 2. The number of rotatable bonds is 4. The fourth-order valence-corrected chi connectivity index (χ4v) is 1.62. The van der Waals surface area contributed by atoms with Crippen molar-refractivity contribution in [3.05, 3.63) is 29.8 Å². The third-order valence-electron chi connectivity index (χ3n) is 2.54. The molecule has 0 aliphatic carbocycles. The quantitative estimate of drug-likeness (QED) is 0.797. The van der Waals surface area contributed by atoms with Crippen LogP contribution < -0.4 is 15.5 Å². The minimum absolute atomic E-state index is 0.0256. The maximum absolute atomic E-state index is 11.7. The topological polar surface area (TPSA) is 79.8 Å². The first-order valence-corrected chi connectivity index (χ1v) is 5.46. The average molecular weight is 247 g/mol. The highest BCUT2D eigenvalue weighted by molar-refractivity contribution is 6.43. The van der Waals surface area contributed by atoms with Crippen LogP contribution in [0.4, 0.5) is 0 Å². The summed E-state index contributed by atoms with van der Waals surface area (Å²) < 4.78 is 5.17. The summed E-state index contributed by atoms with van der Waals surface area (Å²) in [5, 5.41) is 6.34. The van der Waals surface area contributed by atoms with Crippen LogP contribution in [0.3, 0.4) is 0 Å². The Balaban J connectivity index is 1.95. The van der Waals surface area contributed by atoms with Gasteiger partial charge in [0.2, 0.25) is 5.91 Å². The van der Waals surface area contributed by atoms with Gasteiger partial charge in [-0.1, -0.05) is 18.2 Å². The first kappa shape index (κ1) is 12.1. The fourth-order valence-electron chi connectivity index (χ4n) is 1.62. The molecule has 0 spiro atoms. The Morgan fingerprint density at radius 1 is 1.50 bits per heavy atom. The number of nitrogens with zero attached hydrogens (tertiary/aromatic N) is 1. The van der Waals surface area contributed by atoms with E-state index in [1.165, 1.54) is 0 Å². The van der Waals surface area contributed by atoms with E-state index >= 15 is 0 Å². The first-order valence-electron chi connectivity index (χ1n) is 5.46. The van der Waals surface area contributed by atoms with Gasteiger partial charge in [0.05, 0.1) is 13.5 Å². The maximum atomic E-state index is 11.7. The van der Waals surface area contributed by atoms with Gasteiger partial charge < -0.3 is 10.1 Å². The van der Waals surface area contributed by atoms with Crippen LogP contribution in [0.15, 0.2) is 29.4 Å². The Hall–Kier alpha value is -2.37. The summed E-state index contributed by atoms with van der Waals surface area (Å²) in [6.07, 6.45) is 0.0256. The summed E-state index contributed by atoms with van der Waals surface area (Å²) in [6, 6.07) is 7.40. The van der Waals surface area contributed by atoms with Crippen molar-refractivity contribution in [1.82, 2.24) is 10.7 Å². The molecule has 0 saturated carbocycles. The number of amides is 2. The van der Waals surface area contributed by atoms with Crippen LogP contribution >= 0.6 is 0 Å². The minimum atomic E-state index is -0.348. The van der Waals surface area contributed by atoms with Crippen molar-refractivity contribution in [2.75, 3.05) is 7.11 Å².